The number of carbonyl (C=O) groups excluding carboxylic acids is 2. The third kappa shape index (κ3) is 12.0. The van der Waals surface area contributed by atoms with Crippen LogP contribution in [0.2, 0.25) is 0 Å². The van der Waals surface area contributed by atoms with Crippen LogP contribution in [-0.2, 0) is 9.47 Å². The van der Waals surface area contributed by atoms with Crippen molar-refractivity contribution in [1.29, 1.82) is 0 Å². The lowest BCUT2D eigenvalue weighted by atomic mass is 10.2. The molecule has 0 aliphatic carbocycles. The highest BCUT2D eigenvalue weighted by Crippen LogP contribution is 2.07. The van der Waals surface area contributed by atoms with Crippen LogP contribution in [0.5, 0.6) is 0 Å². The highest BCUT2D eigenvalue weighted by Gasteiger charge is 2.20. The highest BCUT2D eigenvalue weighted by molar-refractivity contribution is 5.68. The Hall–Kier alpha value is -1.50. The number of hydrogen-bond donors (Lipinski definition) is 3. The molecule has 0 bridgehead atoms. The second-order valence-corrected chi connectivity index (χ2v) is 6.90. The van der Waals surface area contributed by atoms with Crippen LogP contribution in [0.4, 0.5) is 9.59 Å². The topological polar surface area (TPSA) is 88.7 Å². The first-order chi connectivity index (χ1) is 9.28. The summed E-state index contributed by atoms with van der Waals surface area (Å²) >= 11 is 0. The van der Waals surface area contributed by atoms with E-state index in [1.807, 2.05) is 0 Å². The summed E-state index contributed by atoms with van der Waals surface area (Å²) in [6.45, 7) is 14.2. The van der Waals surface area contributed by atoms with Crippen molar-refractivity contribution in [3.63, 3.8) is 0 Å². The molecule has 2 atom stereocenters. The first kappa shape index (κ1) is 19.5. The van der Waals surface area contributed by atoms with E-state index in [-0.39, 0.29) is 12.3 Å². The average molecular weight is 303 g/mol. The van der Waals surface area contributed by atoms with E-state index in [0.29, 0.717) is 0 Å². The molecule has 3 N–H and O–H groups in total. The summed E-state index contributed by atoms with van der Waals surface area (Å²) in [7, 11) is 0. The monoisotopic (exact) mass is 303 g/mol. The van der Waals surface area contributed by atoms with Gasteiger partial charge in [0.05, 0.1) is 12.3 Å². The first-order valence-corrected chi connectivity index (χ1v) is 7.03. The molecule has 2 amide bonds. The van der Waals surface area contributed by atoms with Gasteiger partial charge in [-0.1, -0.05) is 0 Å². The van der Waals surface area contributed by atoms with Crippen molar-refractivity contribution in [3.8, 4) is 0 Å². The van der Waals surface area contributed by atoms with Crippen molar-refractivity contribution in [1.82, 2.24) is 16.0 Å². The Bertz CT molecular complexity index is 324. The summed E-state index contributed by atoms with van der Waals surface area (Å²) in [5.74, 6) is 0. The van der Waals surface area contributed by atoms with E-state index in [4.69, 9.17) is 9.47 Å². The molecule has 7 heteroatoms. The maximum absolute atomic E-state index is 11.6. The van der Waals surface area contributed by atoms with Crippen molar-refractivity contribution in [2.24, 2.45) is 0 Å². The molecule has 0 aromatic heterocycles. The highest BCUT2D eigenvalue weighted by atomic mass is 16.6. The largest absolute Gasteiger partial charge is 0.444 e. The Labute approximate surface area is 127 Å². The molecule has 2 unspecified atom stereocenters. The predicted octanol–water partition coefficient (Wildman–Crippen LogP) is 2.32. The lowest BCUT2D eigenvalue weighted by Crippen LogP contribution is -2.54. The third-order valence-electron chi connectivity index (χ3n) is 1.97. The van der Waals surface area contributed by atoms with E-state index in [9.17, 15) is 9.59 Å². The normalized spacial score (nSPS) is 14.9. The number of nitrogens with one attached hydrogen (secondary N) is 3. The molecule has 7 nitrogen and oxygen atoms in total. The summed E-state index contributed by atoms with van der Waals surface area (Å²) < 4.78 is 10.3. The zero-order chi connectivity index (χ0) is 16.8. The first-order valence-electron chi connectivity index (χ1n) is 7.03. The fourth-order valence-corrected chi connectivity index (χ4v) is 1.43. The fraction of sp³-hybridized carbons (Fsp3) is 0.857. The third-order valence-corrected chi connectivity index (χ3v) is 1.97. The molecule has 0 spiro atoms. The van der Waals surface area contributed by atoms with E-state index in [0.717, 1.165) is 0 Å². The molecule has 0 aliphatic rings. The van der Waals surface area contributed by atoms with Crippen LogP contribution in [0.3, 0.4) is 0 Å². The summed E-state index contributed by atoms with van der Waals surface area (Å²) in [4.78, 5) is 23.2. The predicted molar refractivity (Wildman–Crippen MR) is 80.8 cm³/mol. The Balaban J connectivity index is 4.13. The van der Waals surface area contributed by atoms with Crippen LogP contribution in [0.25, 0.3) is 0 Å². The van der Waals surface area contributed by atoms with Gasteiger partial charge in [-0.15, -0.1) is 0 Å². The number of ether oxygens (including phenoxy) is 2. The van der Waals surface area contributed by atoms with Crippen molar-refractivity contribution >= 4 is 12.2 Å². The minimum atomic E-state index is -0.551. The van der Waals surface area contributed by atoms with Gasteiger partial charge in [0, 0.05) is 0 Å². The lowest BCUT2D eigenvalue weighted by Gasteiger charge is -2.26. The maximum Gasteiger partial charge on any atom is 0.408 e. The molecule has 21 heavy (non-hydrogen) atoms. The smallest absolute Gasteiger partial charge is 0.408 e. The quantitative estimate of drug-likeness (QED) is 0.694. The molecular formula is C14H29N3O4. The number of alkyl carbamates (subject to hydrolysis) is 2. The van der Waals surface area contributed by atoms with E-state index < -0.39 is 23.4 Å². The maximum atomic E-state index is 11.6. The molecule has 0 aliphatic heterocycles. The van der Waals surface area contributed by atoms with Crippen LogP contribution in [-0.4, -0.2) is 35.7 Å². The summed E-state index contributed by atoms with van der Waals surface area (Å²) in [6.07, 6.45) is -1.78. The number of amides is 2. The van der Waals surface area contributed by atoms with Gasteiger partial charge in [-0.2, -0.15) is 0 Å². The van der Waals surface area contributed by atoms with Crippen molar-refractivity contribution in [2.75, 3.05) is 0 Å². The van der Waals surface area contributed by atoms with Crippen LogP contribution in [0.15, 0.2) is 0 Å². The molecule has 124 valence electrons. The second kappa shape index (κ2) is 7.49. The SMILES string of the molecule is CC(NC(=O)OC(C)(C)C)NC(C)NC(=O)OC(C)(C)C. The molecule has 0 radical (unpaired) electrons. The van der Waals surface area contributed by atoms with Gasteiger partial charge in [-0.3, -0.25) is 5.32 Å². The molecule has 0 aromatic carbocycles. The zero-order valence-electron chi connectivity index (χ0n) is 14.3. The van der Waals surface area contributed by atoms with Crippen LogP contribution < -0.4 is 16.0 Å². The number of rotatable bonds is 4. The summed E-state index contributed by atoms with van der Waals surface area (Å²) in [5.41, 5.74) is -1.10. The zero-order valence-corrected chi connectivity index (χ0v) is 14.3. The number of hydrogen-bond acceptors (Lipinski definition) is 5. The van der Waals surface area contributed by atoms with Gasteiger partial charge >= 0.3 is 12.2 Å². The van der Waals surface area contributed by atoms with Gasteiger partial charge in [0.1, 0.15) is 11.2 Å². The number of carbonyl (C=O) groups is 2. The van der Waals surface area contributed by atoms with Gasteiger partial charge in [0.15, 0.2) is 0 Å². The lowest BCUT2D eigenvalue weighted by molar-refractivity contribution is 0.0475. The Kier molecular flexibility index (Phi) is 6.96. The van der Waals surface area contributed by atoms with Gasteiger partial charge in [0.25, 0.3) is 0 Å². The minimum absolute atomic E-state index is 0.371. The van der Waals surface area contributed by atoms with Crippen molar-refractivity contribution in [3.05, 3.63) is 0 Å². The average Bonchev–Trinajstić information content (AvgIpc) is 2.07. The van der Waals surface area contributed by atoms with Crippen molar-refractivity contribution < 1.29 is 19.1 Å². The van der Waals surface area contributed by atoms with E-state index in [1.165, 1.54) is 0 Å². The van der Waals surface area contributed by atoms with Gasteiger partial charge in [-0.05, 0) is 55.4 Å². The Morgan fingerprint density at radius 3 is 1.29 bits per heavy atom. The van der Waals surface area contributed by atoms with E-state index >= 15 is 0 Å². The Morgan fingerprint density at radius 1 is 0.762 bits per heavy atom. The molecule has 0 saturated heterocycles. The van der Waals surface area contributed by atoms with E-state index in [1.54, 1.807) is 55.4 Å². The summed E-state index contributed by atoms with van der Waals surface area (Å²) in [6, 6.07) is 0. The second-order valence-electron chi connectivity index (χ2n) is 6.90. The fourth-order valence-electron chi connectivity index (χ4n) is 1.43. The minimum Gasteiger partial charge on any atom is -0.444 e. The van der Waals surface area contributed by atoms with Gasteiger partial charge in [0.2, 0.25) is 0 Å². The van der Waals surface area contributed by atoms with Crippen LogP contribution in [0.1, 0.15) is 55.4 Å². The van der Waals surface area contributed by atoms with Crippen LogP contribution >= 0.6 is 0 Å². The molecular weight excluding hydrogens is 274 g/mol. The van der Waals surface area contributed by atoms with Crippen LogP contribution in [0, 0.1) is 0 Å². The molecule has 0 saturated carbocycles. The molecule has 0 fully saturated rings. The Morgan fingerprint density at radius 2 is 1.05 bits per heavy atom. The molecule has 0 rings (SSSR count). The molecule has 0 aromatic rings. The molecule has 0 heterocycles. The van der Waals surface area contributed by atoms with Gasteiger partial charge in [-0.25, -0.2) is 9.59 Å². The van der Waals surface area contributed by atoms with Crippen molar-refractivity contribution in [2.45, 2.75) is 78.9 Å². The van der Waals surface area contributed by atoms with E-state index in [2.05, 4.69) is 16.0 Å². The van der Waals surface area contributed by atoms with Gasteiger partial charge < -0.3 is 20.1 Å². The summed E-state index contributed by atoms with van der Waals surface area (Å²) in [5, 5.41) is 8.24. The standard InChI is InChI=1S/C14H29N3O4/c1-9(16-11(18)20-13(3,4)5)15-10(2)17-12(19)21-14(6,7)8/h9-10,15H,1-8H3,(H,16,18)(H,17,19).